The SMILES string of the molecule is COC(=O)C=C1SCC(=O)N1CCCSc1nc(C)cs1. The van der Waals surface area contributed by atoms with Gasteiger partial charge in [-0.1, -0.05) is 23.5 Å². The van der Waals surface area contributed by atoms with Gasteiger partial charge in [-0.15, -0.1) is 11.3 Å². The fourth-order valence-corrected chi connectivity index (χ4v) is 4.51. The molecular weight excluding hydrogens is 328 g/mol. The number of amides is 1. The number of hydrogen-bond acceptors (Lipinski definition) is 7. The molecule has 0 radical (unpaired) electrons. The summed E-state index contributed by atoms with van der Waals surface area (Å²) in [6.07, 6.45) is 2.24. The van der Waals surface area contributed by atoms with Crippen molar-refractivity contribution in [3.63, 3.8) is 0 Å². The molecule has 1 aliphatic heterocycles. The van der Waals surface area contributed by atoms with Crippen molar-refractivity contribution in [2.45, 2.75) is 17.7 Å². The number of rotatable bonds is 6. The molecule has 2 rings (SSSR count). The second-order valence-electron chi connectivity index (χ2n) is 4.30. The van der Waals surface area contributed by atoms with Crippen molar-refractivity contribution in [3.05, 3.63) is 22.2 Å². The number of aryl methyl sites for hydroxylation is 1. The number of esters is 1. The highest BCUT2D eigenvalue weighted by atomic mass is 32.2. The summed E-state index contributed by atoms with van der Waals surface area (Å²) in [5.74, 6) is 0.907. The van der Waals surface area contributed by atoms with Crippen molar-refractivity contribution in [1.82, 2.24) is 9.88 Å². The van der Waals surface area contributed by atoms with E-state index in [1.807, 2.05) is 12.3 Å². The lowest BCUT2D eigenvalue weighted by Gasteiger charge is -2.16. The van der Waals surface area contributed by atoms with Crippen LogP contribution in [0.15, 0.2) is 20.8 Å². The Labute approximate surface area is 136 Å². The Hall–Kier alpha value is -0.990. The molecule has 8 heteroatoms. The van der Waals surface area contributed by atoms with Crippen LogP contribution in [0, 0.1) is 6.92 Å². The van der Waals surface area contributed by atoms with Crippen LogP contribution in [-0.4, -0.2) is 46.9 Å². The first-order valence-corrected chi connectivity index (χ1v) is 9.23. The van der Waals surface area contributed by atoms with E-state index in [0.29, 0.717) is 17.3 Å². The van der Waals surface area contributed by atoms with Gasteiger partial charge in [0.2, 0.25) is 5.91 Å². The zero-order chi connectivity index (χ0) is 15.2. The van der Waals surface area contributed by atoms with Crippen LogP contribution in [0.3, 0.4) is 0 Å². The fraction of sp³-hybridized carbons (Fsp3) is 0.462. The van der Waals surface area contributed by atoms with E-state index in [-0.39, 0.29) is 5.91 Å². The van der Waals surface area contributed by atoms with Gasteiger partial charge in [-0.05, 0) is 13.3 Å². The van der Waals surface area contributed by atoms with Gasteiger partial charge in [0.25, 0.3) is 0 Å². The minimum Gasteiger partial charge on any atom is -0.466 e. The number of thioether (sulfide) groups is 2. The normalized spacial score (nSPS) is 16.8. The highest BCUT2D eigenvalue weighted by molar-refractivity contribution is 8.04. The molecular formula is C13H16N2O3S3. The number of carbonyl (C=O) groups is 2. The highest BCUT2D eigenvalue weighted by Crippen LogP contribution is 2.29. The van der Waals surface area contributed by atoms with Crippen molar-refractivity contribution in [3.8, 4) is 0 Å². The first-order valence-electron chi connectivity index (χ1n) is 6.38. The lowest BCUT2D eigenvalue weighted by Crippen LogP contribution is -2.26. The molecule has 0 bridgehead atoms. The molecule has 1 aromatic heterocycles. The molecule has 21 heavy (non-hydrogen) atoms. The predicted molar refractivity (Wildman–Crippen MR) is 86.5 cm³/mol. The van der Waals surface area contributed by atoms with Crippen LogP contribution >= 0.6 is 34.9 Å². The molecule has 1 aromatic rings. The molecule has 0 saturated carbocycles. The smallest absolute Gasteiger partial charge is 0.333 e. The topological polar surface area (TPSA) is 59.5 Å². The summed E-state index contributed by atoms with van der Waals surface area (Å²) in [5, 5.41) is 2.71. The molecule has 114 valence electrons. The quantitative estimate of drug-likeness (QED) is 0.342. The third kappa shape index (κ3) is 4.76. The first kappa shape index (κ1) is 16.4. The van der Waals surface area contributed by atoms with Crippen LogP contribution in [0.2, 0.25) is 0 Å². The standard InChI is InChI=1S/C13H16N2O3S3/c1-9-7-21-13(14-9)19-5-3-4-15-10(16)8-20-11(15)6-12(17)18-2/h6-7H,3-5,8H2,1-2H3. The van der Waals surface area contributed by atoms with Crippen molar-refractivity contribution >= 4 is 46.7 Å². The number of nitrogens with zero attached hydrogens (tertiary/aromatic N) is 2. The fourth-order valence-electron chi connectivity index (χ4n) is 1.71. The number of carbonyl (C=O) groups excluding carboxylic acids is 2. The maximum Gasteiger partial charge on any atom is 0.333 e. The molecule has 1 fully saturated rings. The van der Waals surface area contributed by atoms with E-state index in [0.717, 1.165) is 22.2 Å². The molecule has 0 spiro atoms. The maximum absolute atomic E-state index is 11.8. The van der Waals surface area contributed by atoms with Crippen LogP contribution < -0.4 is 0 Å². The Morgan fingerprint density at radius 1 is 1.62 bits per heavy atom. The Kier molecular flexibility index (Phi) is 6.13. The van der Waals surface area contributed by atoms with Gasteiger partial charge in [-0.25, -0.2) is 9.78 Å². The van der Waals surface area contributed by atoms with Crippen LogP contribution in [0.25, 0.3) is 0 Å². The number of methoxy groups -OCH3 is 1. The summed E-state index contributed by atoms with van der Waals surface area (Å²) in [6.45, 7) is 2.59. The summed E-state index contributed by atoms with van der Waals surface area (Å²) in [4.78, 5) is 29.1. The Balaban J connectivity index is 1.81. The van der Waals surface area contributed by atoms with E-state index in [9.17, 15) is 9.59 Å². The molecule has 1 amide bonds. The van der Waals surface area contributed by atoms with Gasteiger partial charge < -0.3 is 9.64 Å². The van der Waals surface area contributed by atoms with E-state index < -0.39 is 5.97 Å². The van der Waals surface area contributed by atoms with Crippen LogP contribution in [-0.2, 0) is 14.3 Å². The molecule has 0 unspecified atom stereocenters. The Bertz CT molecular complexity index is 557. The van der Waals surface area contributed by atoms with Crippen LogP contribution in [0.1, 0.15) is 12.1 Å². The van der Waals surface area contributed by atoms with Gasteiger partial charge in [0.1, 0.15) is 4.34 Å². The second kappa shape index (κ2) is 7.86. The number of ether oxygens (including phenoxy) is 1. The third-order valence-electron chi connectivity index (χ3n) is 2.70. The molecule has 2 heterocycles. The molecule has 0 aliphatic carbocycles. The average Bonchev–Trinajstić information content (AvgIpc) is 3.02. The van der Waals surface area contributed by atoms with E-state index in [2.05, 4.69) is 9.72 Å². The monoisotopic (exact) mass is 344 g/mol. The molecule has 0 N–H and O–H groups in total. The average molecular weight is 344 g/mol. The number of aromatic nitrogens is 1. The summed E-state index contributed by atoms with van der Waals surface area (Å²) in [7, 11) is 1.33. The molecule has 5 nitrogen and oxygen atoms in total. The number of hydrogen-bond donors (Lipinski definition) is 0. The summed E-state index contributed by atoms with van der Waals surface area (Å²) in [6, 6.07) is 0. The molecule has 0 atom stereocenters. The summed E-state index contributed by atoms with van der Waals surface area (Å²) >= 11 is 4.72. The molecule has 0 aromatic carbocycles. The van der Waals surface area contributed by atoms with Gasteiger partial charge in [0, 0.05) is 23.4 Å². The van der Waals surface area contributed by atoms with Gasteiger partial charge in [0.15, 0.2) is 0 Å². The van der Waals surface area contributed by atoms with E-state index in [1.54, 1.807) is 28.0 Å². The minimum atomic E-state index is -0.426. The second-order valence-corrected chi connectivity index (χ2v) is 7.49. The Morgan fingerprint density at radius 3 is 3.10 bits per heavy atom. The largest absolute Gasteiger partial charge is 0.466 e. The summed E-state index contributed by atoms with van der Waals surface area (Å²) in [5.41, 5.74) is 1.04. The van der Waals surface area contributed by atoms with Crippen molar-refractivity contribution in [1.29, 1.82) is 0 Å². The molecule has 1 saturated heterocycles. The maximum atomic E-state index is 11.8. The lowest BCUT2D eigenvalue weighted by molar-refractivity contribution is -0.134. The van der Waals surface area contributed by atoms with Crippen LogP contribution in [0.4, 0.5) is 0 Å². The first-order chi connectivity index (χ1) is 10.1. The zero-order valence-corrected chi connectivity index (χ0v) is 14.3. The molecule has 1 aliphatic rings. The lowest BCUT2D eigenvalue weighted by atomic mass is 10.4. The zero-order valence-electron chi connectivity index (χ0n) is 11.8. The van der Waals surface area contributed by atoms with E-state index in [1.165, 1.54) is 24.9 Å². The van der Waals surface area contributed by atoms with Gasteiger partial charge >= 0.3 is 5.97 Å². The minimum absolute atomic E-state index is 0.0465. The van der Waals surface area contributed by atoms with Gasteiger partial charge in [0.05, 0.1) is 24.0 Å². The summed E-state index contributed by atoms with van der Waals surface area (Å²) < 4.78 is 5.66. The van der Waals surface area contributed by atoms with Crippen molar-refractivity contribution in [2.75, 3.05) is 25.2 Å². The van der Waals surface area contributed by atoms with E-state index >= 15 is 0 Å². The van der Waals surface area contributed by atoms with Crippen molar-refractivity contribution < 1.29 is 14.3 Å². The van der Waals surface area contributed by atoms with Crippen LogP contribution in [0.5, 0.6) is 0 Å². The number of thiazole rings is 1. The third-order valence-corrected chi connectivity index (χ3v) is 5.95. The van der Waals surface area contributed by atoms with Gasteiger partial charge in [-0.3, -0.25) is 4.79 Å². The van der Waals surface area contributed by atoms with Gasteiger partial charge in [-0.2, -0.15) is 0 Å². The Morgan fingerprint density at radius 2 is 2.43 bits per heavy atom. The predicted octanol–water partition coefficient (Wildman–Crippen LogP) is 2.52. The van der Waals surface area contributed by atoms with E-state index in [4.69, 9.17) is 0 Å². The van der Waals surface area contributed by atoms with Crippen molar-refractivity contribution in [2.24, 2.45) is 0 Å². The highest BCUT2D eigenvalue weighted by Gasteiger charge is 2.26.